The van der Waals surface area contributed by atoms with Crippen LogP contribution in [-0.2, 0) is 4.79 Å². The van der Waals surface area contributed by atoms with Gasteiger partial charge in [-0.15, -0.1) is 0 Å². The molecule has 0 atom stereocenters. The van der Waals surface area contributed by atoms with Gasteiger partial charge in [0.25, 0.3) is 0 Å². The second kappa shape index (κ2) is 5.67. The summed E-state index contributed by atoms with van der Waals surface area (Å²) in [5.74, 6) is 1.97. The molecule has 2 rings (SSSR count). The number of carbonyl (C=O) groups excluding carboxylic acids is 1. The fourth-order valence-electron chi connectivity index (χ4n) is 2.52. The maximum atomic E-state index is 11.9. The maximum Gasteiger partial charge on any atom is 0.222 e. The first kappa shape index (κ1) is 11.9. The summed E-state index contributed by atoms with van der Waals surface area (Å²) in [7, 11) is 2.01. The van der Waals surface area contributed by atoms with Crippen molar-refractivity contribution in [2.45, 2.75) is 38.5 Å². The van der Waals surface area contributed by atoms with E-state index in [0.29, 0.717) is 5.91 Å². The SMILES string of the molecule is CNCCC1CCN(C(=O)CC2CC2)CC1. The average Bonchev–Trinajstić information content (AvgIpc) is 3.11. The molecule has 2 aliphatic rings. The lowest BCUT2D eigenvalue weighted by atomic mass is 9.93. The number of carbonyl (C=O) groups is 1. The highest BCUT2D eigenvalue weighted by molar-refractivity contribution is 5.76. The molecule has 0 bridgehead atoms. The molecule has 1 aliphatic heterocycles. The van der Waals surface area contributed by atoms with E-state index in [0.717, 1.165) is 37.9 Å². The fourth-order valence-corrected chi connectivity index (χ4v) is 2.52. The number of nitrogens with zero attached hydrogens (tertiary/aromatic N) is 1. The molecule has 1 saturated carbocycles. The van der Waals surface area contributed by atoms with Gasteiger partial charge in [-0.25, -0.2) is 0 Å². The summed E-state index contributed by atoms with van der Waals surface area (Å²) in [6, 6.07) is 0. The number of rotatable bonds is 5. The summed E-state index contributed by atoms with van der Waals surface area (Å²) in [6.45, 7) is 3.11. The highest BCUT2D eigenvalue weighted by atomic mass is 16.2. The van der Waals surface area contributed by atoms with Gasteiger partial charge in [-0.2, -0.15) is 0 Å². The summed E-state index contributed by atoms with van der Waals surface area (Å²) in [6.07, 6.45) is 7.06. The lowest BCUT2D eigenvalue weighted by Crippen LogP contribution is -2.39. The van der Waals surface area contributed by atoms with Gasteiger partial charge in [-0.3, -0.25) is 4.79 Å². The summed E-state index contributed by atoms with van der Waals surface area (Å²) < 4.78 is 0. The average molecular weight is 224 g/mol. The van der Waals surface area contributed by atoms with Crippen LogP contribution in [0.4, 0.5) is 0 Å². The molecule has 0 aromatic carbocycles. The first-order chi connectivity index (χ1) is 7.79. The monoisotopic (exact) mass is 224 g/mol. The van der Waals surface area contributed by atoms with Crippen molar-refractivity contribution in [3.63, 3.8) is 0 Å². The molecule has 1 saturated heterocycles. The molecule has 2 fully saturated rings. The Balaban J connectivity index is 1.65. The summed E-state index contributed by atoms with van der Waals surface area (Å²) in [5.41, 5.74) is 0. The molecular weight excluding hydrogens is 200 g/mol. The van der Waals surface area contributed by atoms with Crippen molar-refractivity contribution < 1.29 is 4.79 Å². The Bertz CT molecular complexity index is 230. The van der Waals surface area contributed by atoms with Crippen molar-refractivity contribution in [2.75, 3.05) is 26.7 Å². The maximum absolute atomic E-state index is 11.9. The molecule has 3 nitrogen and oxygen atoms in total. The Morgan fingerprint density at radius 1 is 1.19 bits per heavy atom. The van der Waals surface area contributed by atoms with Gasteiger partial charge >= 0.3 is 0 Å². The van der Waals surface area contributed by atoms with Crippen LogP contribution in [0.3, 0.4) is 0 Å². The van der Waals surface area contributed by atoms with E-state index < -0.39 is 0 Å². The Morgan fingerprint density at radius 3 is 2.44 bits per heavy atom. The number of hydrogen-bond acceptors (Lipinski definition) is 2. The van der Waals surface area contributed by atoms with Crippen LogP contribution in [0.2, 0.25) is 0 Å². The van der Waals surface area contributed by atoms with Crippen molar-refractivity contribution >= 4 is 5.91 Å². The molecule has 1 heterocycles. The van der Waals surface area contributed by atoms with E-state index in [-0.39, 0.29) is 0 Å². The van der Waals surface area contributed by atoms with Gasteiger partial charge in [0.15, 0.2) is 0 Å². The van der Waals surface area contributed by atoms with Crippen LogP contribution in [-0.4, -0.2) is 37.5 Å². The van der Waals surface area contributed by atoms with Crippen LogP contribution in [0.15, 0.2) is 0 Å². The van der Waals surface area contributed by atoms with Crippen molar-refractivity contribution in [2.24, 2.45) is 11.8 Å². The number of likely N-dealkylation sites (tertiary alicyclic amines) is 1. The molecular formula is C13H24N2O. The van der Waals surface area contributed by atoms with Crippen molar-refractivity contribution in [3.8, 4) is 0 Å². The molecule has 0 spiro atoms. The van der Waals surface area contributed by atoms with Crippen LogP contribution in [0, 0.1) is 11.8 Å². The Morgan fingerprint density at radius 2 is 1.88 bits per heavy atom. The Labute approximate surface area is 98.6 Å². The van der Waals surface area contributed by atoms with Crippen LogP contribution >= 0.6 is 0 Å². The van der Waals surface area contributed by atoms with E-state index in [2.05, 4.69) is 10.2 Å². The summed E-state index contributed by atoms with van der Waals surface area (Å²) in [4.78, 5) is 14.0. The second-order valence-corrected chi connectivity index (χ2v) is 5.36. The van der Waals surface area contributed by atoms with Gasteiger partial charge in [0.1, 0.15) is 0 Å². The standard InChI is InChI=1S/C13H24N2O/c1-14-7-4-11-5-8-15(9-6-11)13(16)10-12-2-3-12/h11-12,14H,2-10H2,1H3. The van der Waals surface area contributed by atoms with E-state index >= 15 is 0 Å². The lowest BCUT2D eigenvalue weighted by molar-refractivity contribution is -0.133. The molecule has 1 amide bonds. The number of piperidine rings is 1. The highest BCUT2D eigenvalue weighted by Crippen LogP contribution is 2.33. The second-order valence-electron chi connectivity index (χ2n) is 5.36. The molecule has 0 radical (unpaired) electrons. The van der Waals surface area contributed by atoms with Gasteiger partial charge in [-0.1, -0.05) is 0 Å². The van der Waals surface area contributed by atoms with Gasteiger partial charge in [0, 0.05) is 19.5 Å². The van der Waals surface area contributed by atoms with Gasteiger partial charge in [-0.05, 0) is 57.5 Å². The summed E-state index contributed by atoms with van der Waals surface area (Å²) >= 11 is 0. The molecule has 3 heteroatoms. The number of amides is 1. The third-order valence-electron chi connectivity index (χ3n) is 3.93. The molecule has 0 unspecified atom stereocenters. The quantitative estimate of drug-likeness (QED) is 0.770. The minimum Gasteiger partial charge on any atom is -0.343 e. The number of nitrogens with one attached hydrogen (secondary N) is 1. The van der Waals surface area contributed by atoms with Crippen LogP contribution in [0.25, 0.3) is 0 Å². The van der Waals surface area contributed by atoms with Gasteiger partial charge in [0.05, 0.1) is 0 Å². The zero-order valence-corrected chi connectivity index (χ0v) is 10.4. The van der Waals surface area contributed by atoms with E-state index in [9.17, 15) is 4.79 Å². The molecule has 1 N–H and O–H groups in total. The first-order valence-electron chi connectivity index (χ1n) is 6.72. The van der Waals surface area contributed by atoms with E-state index in [1.54, 1.807) is 0 Å². The smallest absolute Gasteiger partial charge is 0.222 e. The molecule has 0 aromatic rings. The largest absolute Gasteiger partial charge is 0.343 e. The molecule has 16 heavy (non-hydrogen) atoms. The van der Waals surface area contributed by atoms with Crippen molar-refractivity contribution in [1.82, 2.24) is 10.2 Å². The first-order valence-corrected chi connectivity index (χ1v) is 6.72. The molecule has 92 valence electrons. The van der Waals surface area contributed by atoms with Gasteiger partial charge in [0.2, 0.25) is 5.91 Å². The van der Waals surface area contributed by atoms with E-state index in [1.165, 1.54) is 32.1 Å². The van der Waals surface area contributed by atoms with E-state index in [1.807, 2.05) is 7.05 Å². The third-order valence-corrected chi connectivity index (χ3v) is 3.93. The Hall–Kier alpha value is -0.570. The van der Waals surface area contributed by atoms with Crippen LogP contribution < -0.4 is 5.32 Å². The van der Waals surface area contributed by atoms with Crippen molar-refractivity contribution in [3.05, 3.63) is 0 Å². The Kier molecular flexibility index (Phi) is 4.22. The normalized spacial score (nSPS) is 22.4. The molecule has 0 aromatic heterocycles. The zero-order chi connectivity index (χ0) is 11.4. The fraction of sp³-hybridized carbons (Fsp3) is 0.923. The molecule has 1 aliphatic carbocycles. The van der Waals surface area contributed by atoms with Crippen molar-refractivity contribution in [1.29, 1.82) is 0 Å². The number of hydrogen-bond donors (Lipinski definition) is 1. The van der Waals surface area contributed by atoms with E-state index in [4.69, 9.17) is 0 Å². The topological polar surface area (TPSA) is 32.3 Å². The van der Waals surface area contributed by atoms with Crippen LogP contribution in [0.5, 0.6) is 0 Å². The highest BCUT2D eigenvalue weighted by Gasteiger charge is 2.28. The lowest BCUT2D eigenvalue weighted by Gasteiger charge is -2.32. The van der Waals surface area contributed by atoms with Crippen LogP contribution in [0.1, 0.15) is 38.5 Å². The predicted molar refractivity (Wildman–Crippen MR) is 65.2 cm³/mol. The minimum atomic E-state index is 0.412. The summed E-state index contributed by atoms with van der Waals surface area (Å²) in [5, 5.41) is 3.20. The minimum absolute atomic E-state index is 0.412. The third kappa shape index (κ3) is 3.48. The predicted octanol–water partition coefficient (Wildman–Crippen LogP) is 1.63. The zero-order valence-electron chi connectivity index (χ0n) is 10.4. The van der Waals surface area contributed by atoms with Gasteiger partial charge < -0.3 is 10.2 Å².